The SMILES string of the molecule is C=C(c1ccc(C2=CC3(CCNCC3)Oc3ccc(C(=C)N4CCCC4C)cc32)cc1)N(CC)CC. The number of rotatable bonds is 7. The van der Waals surface area contributed by atoms with Gasteiger partial charge in [0.1, 0.15) is 11.4 Å². The number of hydrogen-bond acceptors (Lipinski definition) is 4. The molecule has 1 spiro atoms. The Balaban J connectivity index is 1.53. The van der Waals surface area contributed by atoms with E-state index in [2.05, 4.69) is 97.6 Å². The van der Waals surface area contributed by atoms with Crippen LogP contribution < -0.4 is 10.1 Å². The predicted octanol–water partition coefficient (Wildman–Crippen LogP) is 6.40. The van der Waals surface area contributed by atoms with Crippen molar-refractivity contribution < 1.29 is 4.74 Å². The largest absolute Gasteiger partial charge is 0.482 e. The van der Waals surface area contributed by atoms with E-state index in [0.717, 1.165) is 62.7 Å². The van der Waals surface area contributed by atoms with Crippen LogP contribution in [0.3, 0.4) is 0 Å². The number of benzene rings is 2. The third kappa shape index (κ3) is 4.59. The Morgan fingerprint density at radius 2 is 1.75 bits per heavy atom. The molecule has 0 radical (unpaired) electrons. The van der Waals surface area contributed by atoms with Crippen LogP contribution in [0.2, 0.25) is 0 Å². The first kappa shape index (κ1) is 24.7. The molecule has 0 saturated carbocycles. The number of hydrogen-bond donors (Lipinski definition) is 1. The first-order valence-corrected chi connectivity index (χ1v) is 13.7. The molecule has 2 aromatic rings. The summed E-state index contributed by atoms with van der Waals surface area (Å²) in [7, 11) is 0. The third-order valence-corrected chi connectivity index (χ3v) is 8.35. The molecule has 190 valence electrons. The lowest BCUT2D eigenvalue weighted by Gasteiger charge is -2.40. The van der Waals surface area contributed by atoms with Gasteiger partial charge in [0, 0.05) is 55.5 Å². The molecular formula is C32H41N3O. The highest BCUT2D eigenvalue weighted by Crippen LogP contribution is 2.44. The molecule has 2 fully saturated rings. The summed E-state index contributed by atoms with van der Waals surface area (Å²) in [5.74, 6) is 0.983. The van der Waals surface area contributed by atoms with Gasteiger partial charge in [-0.3, -0.25) is 0 Å². The standard InChI is InChI=1S/C32H41N3O/c1-6-34(7-2)24(4)26-10-12-27(13-11-26)30-22-32(16-18-33-19-17-32)36-31-15-14-28(21-29(30)31)25(5)35-20-8-9-23(35)3/h10-15,21-23,33H,4-9,16-20H2,1-3H3. The highest BCUT2D eigenvalue weighted by atomic mass is 16.5. The zero-order valence-electron chi connectivity index (χ0n) is 22.3. The molecule has 2 aromatic carbocycles. The minimum absolute atomic E-state index is 0.251. The van der Waals surface area contributed by atoms with Crippen LogP contribution in [-0.2, 0) is 0 Å². The molecule has 0 amide bonds. The van der Waals surface area contributed by atoms with Gasteiger partial charge in [-0.15, -0.1) is 0 Å². The lowest BCUT2D eigenvalue weighted by Crippen LogP contribution is -2.46. The molecule has 0 aliphatic carbocycles. The van der Waals surface area contributed by atoms with E-state index in [4.69, 9.17) is 4.74 Å². The maximum atomic E-state index is 6.74. The van der Waals surface area contributed by atoms with Crippen molar-refractivity contribution in [2.24, 2.45) is 0 Å². The highest BCUT2D eigenvalue weighted by Gasteiger charge is 2.37. The van der Waals surface area contributed by atoms with Crippen LogP contribution in [0.25, 0.3) is 17.0 Å². The quantitative estimate of drug-likeness (QED) is 0.493. The number of nitrogens with zero attached hydrogens (tertiary/aromatic N) is 2. The van der Waals surface area contributed by atoms with Gasteiger partial charge in [-0.1, -0.05) is 37.4 Å². The van der Waals surface area contributed by atoms with Crippen molar-refractivity contribution in [3.8, 4) is 5.75 Å². The monoisotopic (exact) mass is 483 g/mol. The molecule has 3 heterocycles. The van der Waals surface area contributed by atoms with Gasteiger partial charge in [0.2, 0.25) is 0 Å². The predicted molar refractivity (Wildman–Crippen MR) is 152 cm³/mol. The molecule has 1 atom stereocenters. The van der Waals surface area contributed by atoms with Gasteiger partial charge in [-0.05, 0) is 93.2 Å². The van der Waals surface area contributed by atoms with Crippen LogP contribution in [0.1, 0.15) is 68.7 Å². The van der Waals surface area contributed by atoms with Crippen LogP contribution in [0, 0.1) is 0 Å². The summed E-state index contributed by atoms with van der Waals surface area (Å²) in [6, 6.07) is 16.2. The van der Waals surface area contributed by atoms with Crippen molar-refractivity contribution in [1.29, 1.82) is 0 Å². The molecule has 5 rings (SSSR count). The summed E-state index contributed by atoms with van der Waals surface area (Å²) in [4.78, 5) is 4.76. The van der Waals surface area contributed by atoms with E-state index in [1.54, 1.807) is 0 Å². The fraction of sp³-hybridized carbons (Fsp3) is 0.438. The van der Waals surface area contributed by atoms with E-state index in [9.17, 15) is 0 Å². The summed E-state index contributed by atoms with van der Waals surface area (Å²) in [5, 5.41) is 3.50. The maximum Gasteiger partial charge on any atom is 0.130 e. The Kier molecular flexibility index (Phi) is 6.98. The van der Waals surface area contributed by atoms with Gasteiger partial charge in [0.25, 0.3) is 0 Å². The summed E-state index contributed by atoms with van der Waals surface area (Å²) in [5.41, 5.74) is 7.98. The van der Waals surface area contributed by atoms with Gasteiger partial charge in [-0.2, -0.15) is 0 Å². The zero-order chi connectivity index (χ0) is 25.3. The van der Waals surface area contributed by atoms with Crippen molar-refractivity contribution in [2.45, 2.75) is 58.1 Å². The summed E-state index contributed by atoms with van der Waals surface area (Å²) in [6.45, 7) is 20.5. The van der Waals surface area contributed by atoms with E-state index in [1.165, 1.54) is 40.7 Å². The smallest absolute Gasteiger partial charge is 0.130 e. The second-order valence-corrected chi connectivity index (χ2v) is 10.5. The van der Waals surface area contributed by atoms with Crippen molar-refractivity contribution >= 4 is 17.0 Å². The number of likely N-dealkylation sites (tertiary alicyclic amines) is 1. The van der Waals surface area contributed by atoms with E-state index in [0.29, 0.717) is 6.04 Å². The summed E-state index contributed by atoms with van der Waals surface area (Å²) in [6.07, 6.45) is 6.83. The van der Waals surface area contributed by atoms with Crippen LogP contribution >= 0.6 is 0 Å². The van der Waals surface area contributed by atoms with Gasteiger partial charge in [0.05, 0.1) is 0 Å². The molecule has 3 aliphatic rings. The third-order valence-electron chi connectivity index (χ3n) is 8.35. The first-order chi connectivity index (χ1) is 17.4. The number of nitrogens with one attached hydrogen (secondary N) is 1. The van der Waals surface area contributed by atoms with Crippen molar-refractivity contribution in [3.63, 3.8) is 0 Å². The normalized spacial score (nSPS) is 20.5. The summed E-state index contributed by atoms with van der Waals surface area (Å²) < 4.78 is 6.74. The van der Waals surface area contributed by atoms with Gasteiger partial charge in [0.15, 0.2) is 0 Å². The average molecular weight is 484 g/mol. The second-order valence-electron chi connectivity index (χ2n) is 10.5. The highest BCUT2D eigenvalue weighted by molar-refractivity contribution is 5.87. The van der Waals surface area contributed by atoms with Crippen molar-refractivity contribution in [3.05, 3.63) is 84.0 Å². The molecule has 0 aromatic heterocycles. The molecule has 1 unspecified atom stereocenters. The second kappa shape index (κ2) is 10.2. The lowest BCUT2D eigenvalue weighted by atomic mass is 9.82. The summed E-state index contributed by atoms with van der Waals surface area (Å²) >= 11 is 0. The minimum atomic E-state index is -0.251. The maximum absolute atomic E-state index is 6.74. The van der Waals surface area contributed by atoms with E-state index < -0.39 is 0 Å². The van der Waals surface area contributed by atoms with Crippen LogP contribution in [0.4, 0.5) is 0 Å². The Labute approximate surface area is 217 Å². The molecule has 2 saturated heterocycles. The topological polar surface area (TPSA) is 27.7 Å². The van der Waals surface area contributed by atoms with Gasteiger partial charge >= 0.3 is 0 Å². The molecule has 4 nitrogen and oxygen atoms in total. The molecular weight excluding hydrogens is 442 g/mol. The van der Waals surface area contributed by atoms with E-state index in [-0.39, 0.29) is 5.60 Å². The molecule has 36 heavy (non-hydrogen) atoms. The van der Waals surface area contributed by atoms with Crippen molar-refractivity contribution in [2.75, 3.05) is 32.7 Å². The van der Waals surface area contributed by atoms with Crippen LogP contribution in [-0.4, -0.2) is 54.2 Å². The molecule has 1 N–H and O–H groups in total. The Bertz CT molecular complexity index is 1150. The number of piperidine rings is 1. The number of fused-ring (bicyclic) bond motifs is 1. The average Bonchev–Trinajstić information content (AvgIpc) is 3.34. The molecule has 0 bridgehead atoms. The number of ether oxygens (including phenoxy) is 1. The van der Waals surface area contributed by atoms with Crippen molar-refractivity contribution in [1.82, 2.24) is 15.1 Å². The molecule has 4 heteroatoms. The van der Waals surface area contributed by atoms with Gasteiger partial charge in [-0.25, -0.2) is 0 Å². The lowest BCUT2D eigenvalue weighted by molar-refractivity contribution is 0.0817. The van der Waals surface area contributed by atoms with E-state index >= 15 is 0 Å². The zero-order valence-corrected chi connectivity index (χ0v) is 22.3. The van der Waals surface area contributed by atoms with E-state index in [1.807, 2.05) is 0 Å². The van der Waals surface area contributed by atoms with Crippen LogP contribution in [0.15, 0.2) is 61.7 Å². The molecule has 3 aliphatic heterocycles. The van der Waals surface area contributed by atoms with Gasteiger partial charge < -0.3 is 19.9 Å². The van der Waals surface area contributed by atoms with Crippen LogP contribution in [0.5, 0.6) is 5.75 Å². The Hall–Kier alpha value is -2.98. The Morgan fingerprint density at radius 1 is 1.06 bits per heavy atom. The Morgan fingerprint density at radius 3 is 2.39 bits per heavy atom. The fourth-order valence-corrected chi connectivity index (χ4v) is 6.06. The fourth-order valence-electron chi connectivity index (χ4n) is 6.06. The minimum Gasteiger partial charge on any atom is -0.482 e. The first-order valence-electron chi connectivity index (χ1n) is 13.7.